The predicted molar refractivity (Wildman–Crippen MR) is 85.1 cm³/mol. The molecule has 0 heterocycles. The highest BCUT2D eigenvalue weighted by atomic mass is 35.5. The van der Waals surface area contributed by atoms with Gasteiger partial charge in [0.25, 0.3) is 0 Å². The SMILES string of the molecule is NC(Cc1ccccc1Cl)c1cccc(C2CCC2)c1. The van der Waals surface area contributed by atoms with Gasteiger partial charge >= 0.3 is 0 Å². The normalized spacial score (nSPS) is 16.7. The fourth-order valence-electron chi connectivity index (χ4n) is 2.80. The highest BCUT2D eigenvalue weighted by Crippen LogP contribution is 2.37. The number of nitrogens with two attached hydrogens (primary N) is 1. The van der Waals surface area contributed by atoms with E-state index in [9.17, 15) is 0 Å². The summed E-state index contributed by atoms with van der Waals surface area (Å²) in [7, 11) is 0. The summed E-state index contributed by atoms with van der Waals surface area (Å²) in [4.78, 5) is 0. The minimum atomic E-state index is 0.00919. The molecular weight excluding hydrogens is 266 g/mol. The van der Waals surface area contributed by atoms with Crippen LogP contribution in [0, 0.1) is 0 Å². The zero-order valence-corrected chi connectivity index (χ0v) is 12.3. The van der Waals surface area contributed by atoms with Crippen LogP contribution in [-0.4, -0.2) is 0 Å². The minimum absolute atomic E-state index is 0.00919. The van der Waals surface area contributed by atoms with Crippen molar-refractivity contribution in [3.8, 4) is 0 Å². The highest BCUT2D eigenvalue weighted by Gasteiger charge is 2.20. The molecule has 2 heteroatoms. The number of hydrogen-bond acceptors (Lipinski definition) is 1. The lowest BCUT2D eigenvalue weighted by Crippen LogP contribution is -2.15. The van der Waals surface area contributed by atoms with Crippen molar-refractivity contribution < 1.29 is 0 Å². The van der Waals surface area contributed by atoms with Gasteiger partial charge in [0.05, 0.1) is 0 Å². The molecule has 2 aromatic carbocycles. The third-order valence-corrected chi connectivity index (χ3v) is 4.68. The first kappa shape index (κ1) is 13.7. The van der Waals surface area contributed by atoms with Crippen molar-refractivity contribution in [1.82, 2.24) is 0 Å². The molecule has 1 atom stereocenters. The van der Waals surface area contributed by atoms with E-state index in [4.69, 9.17) is 17.3 Å². The largest absolute Gasteiger partial charge is 0.324 e. The predicted octanol–water partition coefficient (Wildman–Crippen LogP) is 4.85. The summed E-state index contributed by atoms with van der Waals surface area (Å²) in [6.45, 7) is 0. The molecule has 1 nitrogen and oxygen atoms in total. The summed E-state index contributed by atoms with van der Waals surface area (Å²) < 4.78 is 0. The first-order chi connectivity index (χ1) is 9.74. The van der Waals surface area contributed by atoms with Gasteiger partial charge in [0.1, 0.15) is 0 Å². The standard InChI is InChI=1S/C18H20ClN/c19-17-10-2-1-5-15(17)12-18(20)16-9-4-8-14(11-16)13-6-3-7-13/h1-2,4-5,8-11,13,18H,3,6-7,12,20H2. The van der Waals surface area contributed by atoms with Gasteiger partial charge in [0, 0.05) is 11.1 Å². The van der Waals surface area contributed by atoms with Gasteiger partial charge in [-0.05, 0) is 47.9 Å². The van der Waals surface area contributed by atoms with Crippen LogP contribution in [-0.2, 0) is 6.42 Å². The van der Waals surface area contributed by atoms with Crippen LogP contribution in [0.3, 0.4) is 0 Å². The van der Waals surface area contributed by atoms with Crippen LogP contribution in [0.15, 0.2) is 48.5 Å². The van der Waals surface area contributed by atoms with E-state index in [1.165, 1.54) is 30.4 Å². The van der Waals surface area contributed by atoms with Crippen molar-refractivity contribution >= 4 is 11.6 Å². The zero-order valence-electron chi connectivity index (χ0n) is 11.6. The van der Waals surface area contributed by atoms with Gasteiger partial charge in [-0.15, -0.1) is 0 Å². The van der Waals surface area contributed by atoms with E-state index in [1.807, 2.05) is 18.2 Å². The lowest BCUT2D eigenvalue weighted by Gasteiger charge is -2.26. The number of halogens is 1. The van der Waals surface area contributed by atoms with E-state index in [0.717, 1.165) is 22.9 Å². The first-order valence-corrected chi connectivity index (χ1v) is 7.70. The Kier molecular flexibility index (Phi) is 4.09. The van der Waals surface area contributed by atoms with Crippen molar-refractivity contribution in [2.24, 2.45) is 5.73 Å². The summed E-state index contributed by atoms with van der Waals surface area (Å²) >= 11 is 6.21. The fourth-order valence-corrected chi connectivity index (χ4v) is 3.02. The summed E-state index contributed by atoms with van der Waals surface area (Å²) in [5.74, 6) is 0.752. The topological polar surface area (TPSA) is 26.0 Å². The zero-order chi connectivity index (χ0) is 13.9. The molecule has 0 aromatic heterocycles. The lowest BCUT2D eigenvalue weighted by molar-refractivity contribution is 0.419. The van der Waals surface area contributed by atoms with Crippen LogP contribution in [0.5, 0.6) is 0 Å². The van der Waals surface area contributed by atoms with Gasteiger partial charge in [-0.3, -0.25) is 0 Å². The molecule has 3 rings (SSSR count). The van der Waals surface area contributed by atoms with Crippen LogP contribution in [0.2, 0.25) is 5.02 Å². The fraction of sp³-hybridized carbons (Fsp3) is 0.333. The minimum Gasteiger partial charge on any atom is -0.324 e. The van der Waals surface area contributed by atoms with E-state index in [2.05, 4.69) is 30.3 Å². The molecule has 0 bridgehead atoms. The molecule has 0 aliphatic heterocycles. The average molecular weight is 286 g/mol. The second kappa shape index (κ2) is 5.99. The maximum absolute atomic E-state index is 6.37. The van der Waals surface area contributed by atoms with Crippen molar-refractivity contribution in [3.63, 3.8) is 0 Å². The molecule has 2 N–H and O–H groups in total. The Hall–Kier alpha value is -1.31. The number of benzene rings is 2. The second-order valence-corrected chi connectivity index (χ2v) is 6.11. The third kappa shape index (κ3) is 2.89. The molecular formula is C18H20ClN. The molecule has 1 aliphatic rings. The van der Waals surface area contributed by atoms with Crippen LogP contribution in [0.1, 0.15) is 47.9 Å². The van der Waals surface area contributed by atoms with Crippen LogP contribution < -0.4 is 5.73 Å². The molecule has 1 fully saturated rings. The highest BCUT2D eigenvalue weighted by molar-refractivity contribution is 6.31. The van der Waals surface area contributed by atoms with E-state index in [1.54, 1.807) is 0 Å². The van der Waals surface area contributed by atoms with Gasteiger partial charge in [-0.1, -0.05) is 60.5 Å². The Balaban J connectivity index is 1.76. The Morgan fingerprint density at radius 1 is 1.10 bits per heavy atom. The number of hydrogen-bond donors (Lipinski definition) is 1. The van der Waals surface area contributed by atoms with Gasteiger partial charge in [0.2, 0.25) is 0 Å². The van der Waals surface area contributed by atoms with Crippen molar-refractivity contribution in [2.45, 2.75) is 37.6 Å². The van der Waals surface area contributed by atoms with Crippen molar-refractivity contribution in [2.75, 3.05) is 0 Å². The van der Waals surface area contributed by atoms with Crippen LogP contribution >= 0.6 is 11.6 Å². The maximum Gasteiger partial charge on any atom is 0.0438 e. The first-order valence-electron chi connectivity index (χ1n) is 7.33. The summed E-state index contributed by atoms with van der Waals surface area (Å²) in [6.07, 6.45) is 4.79. The Morgan fingerprint density at radius 3 is 2.60 bits per heavy atom. The smallest absolute Gasteiger partial charge is 0.0438 e. The third-order valence-electron chi connectivity index (χ3n) is 4.31. The van der Waals surface area contributed by atoms with E-state index < -0.39 is 0 Å². The molecule has 20 heavy (non-hydrogen) atoms. The van der Waals surface area contributed by atoms with Gasteiger partial charge in [-0.25, -0.2) is 0 Å². The van der Waals surface area contributed by atoms with Gasteiger partial charge in [0.15, 0.2) is 0 Å². The molecule has 2 aromatic rings. The maximum atomic E-state index is 6.37. The molecule has 1 aliphatic carbocycles. The van der Waals surface area contributed by atoms with Crippen molar-refractivity contribution in [1.29, 1.82) is 0 Å². The molecule has 104 valence electrons. The second-order valence-electron chi connectivity index (χ2n) is 5.70. The molecule has 1 unspecified atom stereocenters. The van der Waals surface area contributed by atoms with Crippen LogP contribution in [0.4, 0.5) is 0 Å². The lowest BCUT2D eigenvalue weighted by atomic mass is 9.79. The van der Waals surface area contributed by atoms with Crippen LogP contribution in [0.25, 0.3) is 0 Å². The van der Waals surface area contributed by atoms with Gasteiger partial charge < -0.3 is 5.73 Å². The van der Waals surface area contributed by atoms with E-state index in [0.29, 0.717) is 0 Å². The van der Waals surface area contributed by atoms with E-state index >= 15 is 0 Å². The summed E-state index contributed by atoms with van der Waals surface area (Å²) in [6, 6.07) is 16.7. The quantitative estimate of drug-likeness (QED) is 0.854. The molecule has 1 saturated carbocycles. The average Bonchev–Trinajstić information content (AvgIpc) is 2.40. The molecule has 0 saturated heterocycles. The van der Waals surface area contributed by atoms with Crippen molar-refractivity contribution in [3.05, 3.63) is 70.2 Å². The number of rotatable bonds is 4. The molecule has 0 spiro atoms. The van der Waals surface area contributed by atoms with E-state index in [-0.39, 0.29) is 6.04 Å². The Labute approximate surface area is 125 Å². The van der Waals surface area contributed by atoms with Gasteiger partial charge in [-0.2, -0.15) is 0 Å². The monoisotopic (exact) mass is 285 g/mol. The Morgan fingerprint density at radius 2 is 1.90 bits per heavy atom. The Bertz CT molecular complexity index is 589. The summed E-state index contributed by atoms with van der Waals surface area (Å²) in [5, 5.41) is 0.804. The molecule has 0 amide bonds. The summed E-state index contributed by atoms with van der Waals surface area (Å²) in [5.41, 5.74) is 10.2. The molecule has 0 radical (unpaired) electrons.